The van der Waals surface area contributed by atoms with Gasteiger partial charge in [-0.2, -0.15) is 4.73 Å². The Labute approximate surface area is 199 Å². The maximum Gasteiger partial charge on any atom is 0.252 e. The van der Waals surface area contributed by atoms with Crippen molar-refractivity contribution in [3.8, 4) is 33.9 Å². The average Bonchev–Trinajstić information content (AvgIpc) is 3.60. The molecule has 2 aromatic heterocycles. The first kappa shape index (κ1) is 19.5. The van der Waals surface area contributed by atoms with Crippen LogP contribution in [0.2, 0.25) is 0 Å². The Kier molecular flexibility index (Phi) is 4.04. The van der Waals surface area contributed by atoms with Crippen molar-refractivity contribution in [2.45, 2.75) is 6.04 Å². The summed E-state index contributed by atoms with van der Waals surface area (Å²) in [6.07, 6.45) is 6.47. The number of amides is 1. The van der Waals surface area contributed by atoms with Gasteiger partial charge in [0.1, 0.15) is 11.3 Å². The summed E-state index contributed by atoms with van der Waals surface area (Å²) in [5, 5.41) is 13.8. The molecule has 1 aliphatic carbocycles. The first-order valence-electron chi connectivity index (χ1n) is 11.2. The number of H-pyrrole nitrogens is 1. The van der Waals surface area contributed by atoms with Crippen molar-refractivity contribution in [1.82, 2.24) is 30.0 Å². The molecule has 0 fully saturated rings. The number of benzene rings is 2. The van der Waals surface area contributed by atoms with Gasteiger partial charge in [0.05, 0.1) is 23.5 Å². The predicted octanol–water partition coefficient (Wildman–Crippen LogP) is 4.66. The molecule has 4 heterocycles. The van der Waals surface area contributed by atoms with Gasteiger partial charge < -0.3 is 15.5 Å². The second kappa shape index (κ2) is 7.26. The van der Waals surface area contributed by atoms with Crippen molar-refractivity contribution < 1.29 is 10.0 Å². The summed E-state index contributed by atoms with van der Waals surface area (Å²) < 4.78 is 0.970. The van der Waals surface area contributed by atoms with Gasteiger partial charge in [0.15, 0.2) is 5.82 Å². The maximum atomic E-state index is 13.4. The molecule has 3 N–H and O–H groups in total. The molecular formula is C27H18N6O2. The van der Waals surface area contributed by atoms with Gasteiger partial charge in [-0.05, 0) is 40.5 Å². The number of pyridine rings is 2. The Bertz CT molecular complexity index is 1730. The third kappa shape index (κ3) is 2.93. The number of aromatic nitrogens is 5. The molecule has 0 saturated heterocycles. The molecule has 1 amide bonds. The van der Waals surface area contributed by atoms with Crippen molar-refractivity contribution in [1.29, 1.82) is 0 Å². The van der Waals surface area contributed by atoms with Gasteiger partial charge in [-0.25, -0.2) is 15.0 Å². The number of imidazole rings is 1. The second-order valence-corrected chi connectivity index (χ2v) is 8.50. The maximum absolute atomic E-state index is 13.4. The van der Waals surface area contributed by atoms with Gasteiger partial charge in [-0.1, -0.05) is 42.5 Å². The Morgan fingerprint density at radius 1 is 0.943 bits per heavy atom. The molecule has 1 atom stereocenters. The van der Waals surface area contributed by atoms with E-state index in [-0.39, 0.29) is 11.9 Å². The Balaban J connectivity index is 1.36. The zero-order chi connectivity index (χ0) is 23.5. The topological polar surface area (TPSA) is 109 Å². The van der Waals surface area contributed by atoms with Crippen LogP contribution in [0, 0.1) is 0 Å². The minimum atomic E-state index is -0.320. The lowest BCUT2D eigenvalue weighted by Crippen LogP contribution is -2.28. The molecule has 0 saturated carbocycles. The van der Waals surface area contributed by atoms with Crippen LogP contribution >= 0.6 is 0 Å². The molecule has 8 nitrogen and oxygen atoms in total. The molecule has 35 heavy (non-hydrogen) atoms. The fourth-order valence-corrected chi connectivity index (χ4v) is 4.99. The van der Waals surface area contributed by atoms with E-state index in [2.05, 4.69) is 26.3 Å². The highest BCUT2D eigenvalue weighted by molar-refractivity contribution is 6.06. The largest absolute Gasteiger partial charge is 0.429 e. The van der Waals surface area contributed by atoms with E-state index in [1.807, 2.05) is 42.5 Å². The fourth-order valence-electron chi connectivity index (χ4n) is 4.99. The third-order valence-corrected chi connectivity index (χ3v) is 6.52. The van der Waals surface area contributed by atoms with Crippen molar-refractivity contribution in [3.05, 3.63) is 102 Å². The molecule has 8 heteroatoms. The molecule has 0 spiro atoms. The van der Waals surface area contributed by atoms with Gasteiger partial charge in [0.2, 0.25) is 0 Å². The van der Waals surface area contributed by atoms with E-state index in [1.54, 1.807) is 24.5 Å². The molecule has 3 aliphatic rings. The zero-order valence-corrected chi connectivity index (χ0v) is 18.3. The summed E-state index contributed by atoms with van der Waals surface area (Å²) >= 11 is 0. The molecule has 4 aromatic rings. The lowest BCUT2D eigenvalue weighted by atomic mass is 9.98. The summed E-state index contributed by atoms with van der Waals surface area (Å²) in [6, 6.07) is 19.1. The molecule has 0 radical (unpaired) electrons. The van der Waals surface area contributed by atoms with Crippen LogP contribution in [0.3, 0.4) is 0 Å². The summed E-state index contributed by atoms with van der Waals surface area (Å²) in [5.74, 6) is 0.408. The quantitative estimate of drug-likeness (QED) is 0.334. The van der Waals surface area contributed by atoms with E-state index < -0.39 is 0 Å². The van der Waals surface area contributed by atoms with Crippen LogP contribution in [0.1, 0.15) is 27.5 Å². The minimum absolute atomic E-state index is 0.169. The number of rotatable bonds is 3. The van der Waals surface area contributed by atoms with E-state index in [1.165, 1.54) is 12.4 Å². The van der Waals surface area contributed by atoms with Crippen LogP contribution < -0.4 is 5.32 Å². The van der Waals surface area contributed by atoms with Crippen LogP contribution in [0.5, 0.6) is 0 Å². The van der Waals surface area contributed by atoms with Crippen molar-refractivity contribution >= 4 is 16.9 Å². The Morgan fingerprint density at radius 2 is 1.77 bits per heavy atom. The number of carbonyl (C=O) groups is 1. The highest BCUT2D eigenvalue weighted by atomic mass is 16.5. The first-order valence-corrected chi connectivity index (χ1v) is 11.2. The number of nitrogens with one attached hydrogen (secondary N) is 2. The van der Waals surface area contributed by atoms with Gasteiger partial charge in [0.25, 0.3) is 5.91 Å². The second-order valence-electron chi connectivity index (χ2n) is 8.50. The monoisotopic (exact) mass is 458 g/mol. The minimum Gasteiger partial charge on any atom is -0.429 e. The zero-order valence-electron chi connectivity index (χ0n) is 18.3. The number of fused-ring (bicyclic) bond motifs is 5. The van der Waals surface area contributed by atoms with E-state index in [4.69, 9.17) is 4.98 Å². The number of aromatic amines is 1. The van der Waals surface area contributed by atoms with E-state index in [0.29, 0.717) is 28.4 Å². The van der Waals surface area contributed by atoms with Crippen LogP contribution in [0.25, 0.3) is 44.9 Å². The van der Waals surface area contributed by atoms with Crippen LogP contribution in [-0.2, 0) is 0 Å². The fraction of sp³-hybridized carbons (Fsp3) is 0.0370. The predicted molar refractivity (Wildman–Crippen MR) is 130 cm³/mol. The molecule has 1 unspecified atom stereocenters. The van der Waals surface area contributed by atoms with Gasteiger partial charge >= 0.3 is 0 Å². The Morgan fingerprint density at radius 3 is 2.71 bits per heavy atom. The van der Waals surface area contributed by atoms with Crippen LogP contribution in [0.15, 0.2) is 85.5 Å². The lowest BCUT2D eigenvalue weighted by molar-refractivity contribution is 0.0945. The average molecular weight is 458 g/mol. The molecule has 2 aliphatic heterocycles. The highest BCUT2D eigenvalue weighted by Crippen LogP contribution is 2.48. The highest BCUT2D eigenvalue weighted by Gasteiger charge is 2.33. The molecular weight excluding hydrogens is 440 g/mol. The summed E-state index contributed by atoms with van der Waals surface area (Å²) in [7, 11) is 0. The number of hydrogen-bond acceptors (Lipinski definition) is 5. The molecule has 0 bridgehead atoms. The van der Waals surface area contributed by atoms with E-state index in [0.717, 1.165) is 37.9 Å². The molecule has 168 valence electrons. The summed E-state index contributed by atoms with van der Waals surface area (Å²) in [5.41, 5.74) is 7.48. The first-order chi connectivity index (χ1) is 17.2. The number of hydrogen-bond donors (Lipinski definition) is 3. The molecule has 2 aromatic carbocycles. The number of carbonyl (C=O) groups excluding carboxylic acids is 1. The van der Waals surface area contributed by atoms with Crippen molar-refractivity contribution in [2.24, 2.45) is 0 Å². The van der Waals surface area contributed by atoms with Crippen molar-refractivity contribution in [2.75, 3.05) is 0 Å². The summed E-state index contributed by atoms with van der Waals surface area (Å²) in [4.78, 5) is 30.1. The van der Waals surface area contributed by atoms with Gasteiger partial charge in [0, 0.05) is 29.5 Å². The Hall–Kier alpha value is -4.98. The van der Waals surface area contributed by atoms with E-state index in [9.17, 15) is 10.0 Å². The lowest BCUT2D eigenvalue weighted by Gasteiger charge is -2.16. The van der Waals surface area contributed by atoms with Crippen LogP contribution in [0.4, 0.5) is 0 Å². The summed E-state index contributed by atoms with van der Waals surface area (Å²) in [6.45, 7) is 0. The number of nitrogens with zero attached hydrogens (tertiary/aromatic N) is 4. The van der Waals surface area contributed by atoms with Gasteiger partial charge in [-0.3, -0.25) is 4.79 Å². The van der Waals surface area contributed by atoms with Gasteiger partial charge in [-0.15, -0.1) is 0 Å². The smallest absolute Gasteiger partial charge is 0.252 e. The van der Waals surface area contributed by atoms with Crippen molar-refractivity contribution in [3.63, 3.8) is 0 Å². The van der Waals surface area contributed by atoms with E-state index >= 15 is 0 Å². The molecule has 7 rings (SSSR count). The normalized spacial score (nSPS) is 14.2. The third-order valence-electron chi connectivity index (χ3n) is 6.52. The van der Waals surface area contributed by atoms with Crippen LogP contribution in [-0.4, -0.2) is 35.8 Å². The standard InChI is InChI=1S/C27H18N6O2/c34-27(18-9-12-29-25-17(18)8-11-28-25)32-24-16-5-2-1-4-15(16)23-19(24)6-3-7-20(23)26-30-21-10-13-33(35)14-22(21)31-26/h1-14,24,35H,(H,28,29)(H,32,34). The SMILES string of the molecule is O=C(NC1c2ccccc2-c2c(-c3nc4ccn(O)cc-4n3)cccc21)c1ccnc2[nH]ccc12.